The number of carboxylic acids is 1. The van der Waals surface area contributed by atoms with E-state index in [1.54, 1.807) is 24.1 Å². The largest absolute Gasteiger partial charge is 0.478 e. The van der Waals surface area contributed by atoms with Crippen molar-refractivity contribution >= 4 is 33.6 Å². The molecular weight excluding hydrogens is 336 g/mol. The lowest BCUT2D eigenvalue weighted by atomic mass is 10.1. The Morgan fingerprint density at radius 3 is 2.67 bits per heavy atom. The number of halogens is 1. The summed E-state index contributed by atoms with van der Waals surface area (Å²) in [5, 5.41) is 11.9. The smallest absolute Gasteiger partial charge is 0.337 e. The Kier molecular flexibility index (Phi) is 5.22. The predicted molar refractivity (Wildman–Crippen MR) is 84.7 cm³/mol. The third-order valence-corrected chi connectivity index (χ3v) is 4.30. The first-order valence-corrected chi connectivity index (χ1v) is 7.81. The van der Waals surface area contributed by atoms with E-state index in [-0.39, 0.29) is 11.6 Å². The lowest BCUT2D eigenvalue weighted by Crippen LogP contribution is -2.35. The molecule has 0 unspecified atom stereocenters. The maximum Gasteiger partial charge on any atom is 0.337 e. The summed E-state index contributed by atoms with van der Waals surface area (Å²) >= 11 is 3.23. The van der Waals surface area contributed by atoms with Crippen molar-refractivity contribution in [2.75, 3.05) is 18.9 Å². The zero-order valence-corrected chi connectivity index (χ0v) is 13.5. The van der Waals surface area contributed by atoms with E-state index >= 15 is 0 Å². The van der Waals surface area contributed by atoms with Crippen molar-refractivity contribution in [3.63, 3.8) is 0 Å². The molecule has 2 N–H and O–H groups in total. The van der Waals surface area contributed by atoms with Crippen LogP contribution >= 0.6 is 15.9 Å². The number of urea groups is 1. The van der Waals surface area contributed by atoms with E-state index in [9.17, 15) is 14.7 Å². The summed E-state index contributed by atoms with van der Waals surface area (Å²) in [5.41, 5.74) is 0.390. The SMILES string of the molecule is CN(CC1CCCC1)C(=O)Nc1ccc(Br)cc1C(=O)O. The highest BCUT2D eigenvalue weighted by Crippen LogP contribution is 2.26. The molecule has 5 nitrogen and oxygen atoms in total. The summed E-state index contributed by atoms with van der Waals surface area (Å²) in [7, 11) is 1.74. The number of hydrogen-bond donors (Lipinski definition) is 2. The van der Waals surface area contributed by atoms with E-state index in [4.69, 9.17) is 0 Å². The molecule has 1 fully saturated rings. The molecule has 1 saturated carbocycles. The average molecular weight is 355 g/mol. The van der Waals surface area contributed by atoms with Crippen LogP contribution in [0.25, 0.3) is 0 Å². The van der Waals surface area contributed by atoms with E-state index in [0.29, 0.717) is 22.6 Å². The number of rotatable bonds is 4. The molecule has 114 valence electrons. The van der Waals surface area contributed by atoms with E-state index < -0.39 is 5.97 Å². The van der Waals surface area contributed by atoms with Crippen LogP contribution in [0.2, 0.25) is 0 Å². The van der Waals surface area contributed by atoms with Crippen molar-refractivity contribution < 1.29 is 14.7 Å². The maximum absolute atomic E-state index is 12.2. The molecule has 1 aromatic carbocycles. The number of nitrogens with one attached hydrogen (secondary N) is 1. The van der Waals surface area contributed by atoms with Crippen LogP contribution in [0.4, 0.5) is 10.5 Å². The first kappa shape index (κ1) is 15.8. The molecule has 0 saturated heterocycles. The molecule has 0 spiro atoms. The molecule has 0 heterocycles. The van der Waals surface area contributed by atoms with Crippen molar-refractivity contribution in [3.05, 3.63) is 28.2 Å². The summed E-state index contributed by atoms with van der Waals surface area (Å²) in [4.78, 5) is 25.0. The molecule has 0 aromatic heterocycles. The standard InChI is InChI=1S/C15H19BrN2O3/c1-18(9-10-4-2-3-5-10)15(21)17-13-7-6-11(16)8-12(13)14(19)20/h6-8,10H,2-5,9H2,1H3,(H,17,21)(H,19,20). The Labute approximate surface area is 132 Å². The zero-order chi connectivity index (χ0) is 15.4. The fraction of sp³-hybridized carbons (Fsp3) is 0.467. The van der Waals surface area contributed by atoms with Crippen molar-refractivity contribution in [3.8, 4) is 0 Å². The number of carbonyl (C=O) groups excluding carboxylic acids is 1. The lowest BCUT2D eigenvalue weighted by Gasteiger charge is -2.22. The zero-order valence-electron chi connectivity index (χ0n) is 11.9. The van der Waals surface area contributed by atoms with Gasteiger partial charge in [-0.2, -0.15) is 0 Å². The van der Waals surface area contributed by atoms with Gasteiger partial charge in [-0.3, -0.25) is 0 Å². The van der Waals surface area contributed by atoms with Gasteiger partial charge in [0.25, 0.3) is 0 Å². The Bertz CT molecular complexity index is 542. The van der Waals surface area contributed by atoms with Crippen molar-refractivity contribution in [2.24, 2.45) is 5.92 Å². The second-order valence-corrected chi connectivity index (χ2v) is 6.37. The van der Waals surface area contributed by atoms with Crippen LogP contribution in [-0.2, 0) is 0 Å². The van der Waals surface area contributed by atoms with Crippen LogP contribution in [0.3, 0.4) is 0 Å². The minimum Gasteiger partial charge on any atom is -0.478 e. The second-order valence-electron chi connectivity index (χ2n) is 5.46. The summed E-state index contributed by atoms with van der Waals surface area (Å²) in [5.74, 6) is -0.505. The topological polar surface area (TPSA) is 69.6 Å². The van der Waals surface area contributed by atoms with Gasteiger partial charge >= 0.3 is 12.0 Å². The fourth-order valence-corrected chi connectivity index (χ4v) is 3.04. The number of nitrogens with zero attached hydrogens (tertiary/aromatic N) is 1. The normalized spacial score (nSPS) is 15.0. The molecule has 0 aliphatic heterocycles. The highest BCUT2D eigenvalue weighted by atomic mass is 79.9. The number of benzene rings is 1. The molecule has 1 aromatic rings. The van der Waals surface area contributed by atoms with Gasteiger partial charge in [0, 0.05) is 18.1 Å². The Balaban J connectivity index is 2.03. The number of carbonyl (C=O) groups is 2. The second kappa shape index (κ2) is 6.93. The van der Waals surface area contributed by atoms with Gasteiger partial charge < -0.3 is 15.3 Å². The van der Waals surface area contributed by atoms with Gasteiger partial charge in [-0.25, -0.2) is 9.59 Å². The number of anilines is 1. The van der Waals surface area contributed by atoms with Gasteiger partial charge in [0.2, 0.25) is 0 Å². The molecule has 0 bridgehead atoms. The van der Waals surface area contributed by atoms with E-state index in [2.05, 4.69) is 21.2 Å². The lowest BCUT2D eigenvalue weighted by molar-refractivity contribution is 0.0698. The van der Waals surface area contributed by atoms with Crippen molar-refractivity contribution in [2.45, 2.75) is 25.7 Å². The third kappa shape index (κ3) is 4.20. The Morgan fingerprint density at radius 1 is 1.38 bits per heavy atom. The highest BCUT2D eigenvalue weighted by Gasteiger charge is 2.20. The van der Waals surface area contributed by atoms with Crippen LogP contribution in [0.1, 0.15) is 36.0 Å². The van der Waals surface area contributed by atoms with Gasteiger partial charge in [-0.05, 0) is 37.0 Å². The minimum atomic E-state index is -1.06. The molecule has 2 amide bonds. The first-order valence-electron chi connectivity index (χ1n) is 7.02. The number of hydrogen-bond acceptors (Lipinski definition) is 2. The first-order chi connectivity index (χ1) is 9.97. The summed E-state index contributed by atoms with van der Waals surface area (Å²) in [6.45, 7) is 0.713. The minimum absolute atomic E-state index is 0.0759. The van der Waals surface area contributed by atoms with Crippen LogP contribution in [0, 0.1) is 5.92 Å². The maximum atomic E-state index is 12.2. The average Bonchev–Trinajstić information content (AvgIpc) is 2.93. The van der Waals surface area contributed by atoms with E-state index in [1.807, 2.05) is 0 Å². The van der Waals surface area contributed by atoms with Crippen LogP contribution in [0.15, 0.2) is 22.7 Å². The quantitative estimate of drug-likeness (QED) is 0.863. The molecule has 1 aliphatic rings. The van der Waals surface area contributed by atoms with Gasteiger partial charge in [0.15, 0.2) is 0 Å². The Hall–Kier alpha value is -1.56. The van der Waals surface area contributed by atoms with Gasteiger partial charge in [-0.15, -0.1) is 0 Å². The number of amides is 2. The number of aromatic carboxylic acids is 1. The molecule has 2 rings (SSSR count). The highest BCUT2D eigenvalue weighted by molar-refractivity contribution is 9.10. The van der Waals surface area contributed by atoms with Gasteiger partial charge in [0.1, 0.15) is 0 Å². The van der Waals surface area contributed by atoms with Gasteiger partial charge in [-0.1, -0.05) is 28.8 Å². The third-order valence-electron chi connectivity index (χ3n) is 3.81. The van der Waals surface area contributed by atoms with Crippen LogP contribution < -0.4 is 5.32 Å². The monoisotopic (exact) mass is 354 g/mol. The van der Waals surface area contributed by atoms with E-state index in [0.717, 1.165) is 12.8 Å². The summed E-state index contributed by atoms with van der Waals surface area (Å²) < 4.78 is 0.664. The van der Waals surface area contributed by atoms with Crippen LogP contribution in [0.5, 0.6) is 0 Å². The molecule has 1 aliphatic carbocycles. The fourth-order valence-electron chi connectivity index (χ4n) is 2.68. The molecule has 0 atom stereocenters. The predicted octanol–water partition coefficient (Wildman–Crippen LogP) is 3.80. The van der Waals surface area contributed by atoms with Crippen molar-refractivity contribution in [1.82, 2.24) is 4.90 Å². The van der Waals surface area contributed by atoms with Crippen molar-refractivity contribution in [1.29, 1.82) is 0 Å². The van der Waals surface area contributed by atoms with E-state index in [1.165, 1.54) is 18.9 Å². The number of carboxylic acid groups (broad SMARTS) is 1. The summed E-state index contributed by atoms with van der Waals surface area (Å²) in [6, 6.07) is 4.51. The Morgan fingerprint density at radius 2 is 2.05 bits per heavy atom. The molecule has 6 heteroatoms. The molecule has 0 radical (unpaired) electrons. The molecule has 21 heavy (non-hydrogen) atoms. The summed E-state index contributed by atoms with van der Waals surface area (Å²) in [6.07, 6.45) is 4.79. The van der Waals surface area contributed by atoms with Crippen LogP contribution in [-0.4, -0.2) is 35.6 Å². The van der Waals surface area contributed by atoms with Gasteiger partial charge in [0.05, 0.1) is 11.3 Å². The molecular formula is C15H19BrN2O3.